The van der Waals surface area contributed by atoms with Gasteiger partial charge in [-0.2, -0.15) is 0 Å². The van der Waals surface area contributed by atoms with Crippen LogP contribution in [0.5, 0.6) is 0 Å². The quantitative estimate of drug-likeness (QED) is 0.605. The molecule has 0 bridgehead atoms. The number of allylic oxidation sites excluding steroid dienone is 2. The van der Waals surface area contributed by atoms with Crippen molar-refractivity contribution in [3.8, 4) is 11.8 Å². The van der Waals surface area contributed by atoms with Crippen molar-refractivity contribution in [3.63, 3.8) is 0 Å². The molecule has 0 aliphatic heterocycles. The van der Waals surface area contributed by atoms with Crippen LogP contribution >= 0.6 is 0 Å². The molecule has 0 saturated heterocycles. The standard InChI is InChI=1S/C13H20N/c1-12(14(2)3)8-7-11-13-9-5-4-6-10-13/h4,9,12H,5-6,8,10H2,1-3H3. The lowest BCUT2D eigenvalue weighted by Crippen LogP contribution is -2.23. The lowest BCUT2D eigenvalue weighted by Gasteiger charge is -2.16. The van der Waals surface area contributed by atoms with Gasteiger partial charge < -0.3 is 4.90 Å². The third kappa shape index (κ3) is 3.98. The Hall–Kier alpha value is -0.740. The van der Waals surface area contributed by atoms with Crippen LogP contribution in [0.2, 0.25) is 0 Å². The predicted octanol–water partition coefficient (Wildman–Crippen LogP) is 2.64. The molecule has 0 aromatic rings. The van der Waals surface area contributed by atoms with Crippen LogP contribution in [-0.4, -0.2) is 25.0 Å². The fourth-order valence-electron chi connectivity index (χ4n) is 1.31. The van der Waals surface area contributed by atoms with Gasteiger partial charge in [-0.25, -0.2) is 0 Å². The minimum Gasteiger partial charge on any atom is -0.306 e. The molecule has 1 aliphatic rings. The third-order valence-corrected chi connectivity index (χ3v) is 2.68. The van der Waals surface area contributed by atoms with E-state index < -0.39 is 0 Å². The highest BCUT2D eigenvalue weighted by Gasteiger charge is 2.02. The molecule has 0 N–H and O–H groups in total. The van der Waals surface area contributed by atoms with E-state index in [9.17, 15) is 0 Å². The van der Waals surface area contributed by atoms with Crippen LogP contribution in [0.1, 0.15) is 32.6 Å². The summed E-state index contributed by atoms with van der Waals surface area (Å²) in [6.07, 6.45) is 8.97. The second-order valence-corrected chi connectivity index (χ2v) is 4.11. The Morgan fingerprint density at radius 2 is 2.29 bits per heavy atom. The number of hydrogen-bond acceptors (Lipinski definition) is 1. The largest absolute Gasteiger partial charge is 0.306 e. The molecule has 1 atom stereocenters. The minimum atomic E-state index is 0.554. The Kier molecular flexibility index (Phi) is 4.76. The third-order valence-electron chi connectivity index (χ3n) is 2.68. The molecule has 1 heteroatoms. The Morgan fingerprint density at radius 1 is 1.50 bits per heavy atom. The van der Waals surface area contributed by atoms with E-state index in [2.05, 4.69) is 50.3 Å². The van der Waals surface area contributed by atoms with Crippen LogP contribution in [0.15, 0.2) is 11.6 Å². The van der Waals surface area contributed by atoms with Crippen LogP contribution in [-0.2, 0) is 0 Å². The zero-order chi connectivity index (χ0) is 10.4. The highest BCUT2D eigenvalue weighted by molar-refractivity contribution is 5.30. The van der Waals surface area contributed by atoms with Gasteiger partial charge in [-0.15, -0.1) is 0 Å². The van der Waals surface area contributed by atoms with Gasteiger partial charge in [-0.1, -0.05) is 17.9 Å². The minimum absolute atomic E-state index is 0.554. The van der Waals surface area contributed by atoms with Crippen molar-refractivity contribution in [2.24, 2.45) is 0 Å². The van der Waals surface area contributed by atoms with Crippen molar-refractivity contribution >= 4 is 0 Å². The molecule has 77 valence electrons. The van der Waals surface area contributed by atoms with Gasteiger partial charge in [-0.3, -0.25) is 0 Å². The summed E-state index contributed by atoms with van der Waals surface area (Å²) in [6.45, 7) is 2.21. The van der Waals surface area contributed by atoms with Crippen LogP contribution in [0.4, 0.5) is 0 Å². The molecule has 14 heavy (non-hydrogen) atoms. The van der Waals surface area contributed by atoms with Crippen molar-refractivity contribution in [2.75, 3.05) is 14.1 Å². The van der Waals surface area contributed by atoms with E-state index in [1.165, 1.54) is 12.0 Å². The van der Waals surface area contributed by atoms with Gasteiger partial charge in [0.25, 0.3) is 0 Å². The molecule has 0 aromatic heterocycles. The van der Waals surface area contributed by atoms with Gasteiger partial charge in [0.15, 0.2) is 0 Å². The van der Waals surface area contributed by atoms with Gasteiger partial charge in [-0.05, 0) is 52.3 Å². The summed E-state index contributed by atoms with van der Waals surface area (Å²) in [6, 6.07) is 0.554. The van der Waals surface area contributed by atoms with Crippen molar-refractivity contribution < 1.29 is 0 Å². The average Bonchev–Trinajstić information content (AvgIpc) is 2.19. The highest BCUT2D eigenvalue weighted by Crippen LogP contribution is 2.15. The topological polar surface area (TPSA) is 3.24 Å². The summed E-state index contributed by atoms with van der Waals surface area (Å²) in [5, 5.41) is 0. The molecular weight excluding hydrogens is 170 g/mol. The fourth-order valence-corrected chi connectivity index (χ4v) is 1.31. The Labute approximate surface area is 88.2 Å². The maximum atomic E-state index is 3.27. The number of rotatable bonds is 2. The molecule has 0 heterocycles. The zero-order valence-corrected chi connectivity index (χ0v) is 9.51. The molecule has 1 rings (SSSR count). The first-order valence-corrected chi connectivity index (χ1v) is 5.36. The lowest BCUT2D eigenvalue weighted by atomic mass is 10.00. The van der Waals surface area contributed by atoms with E-state index in [1.54, 1.807) is 0 Å². The summed E-state index contributed by atoms with van der Waals surface area (Å²) in [4.78, 5) is 2.21. The van der Waals surface area contributed by atoms with E-state index in [4.69, 9.17) is 0 Å². The van der Waals surface area contributed by atoms with Gasteiger partial charge in [0.1, 0.15) is 0 Å². The van der Waals surface area contributed by atoms with Crippen LogP contribution in [0.25, 0.3) is 0 Å². The lowest BCUT2D eigenvalue weighted by molar-refractivity contribution is 0.319. The zero-order valence-electron chi connectivity index (χ0n) is 9.51. The maximum Gasteiger partial charge on any atom is 0.0246 e. The SMILES string of the molecule is CC(CC#CC1=CC[CH]CC1)N(C)C. The molecule has 0 saturated carbocycles. The number of nitrogens with zero attached hydrogens (tertiary/aromatic N) is 1. The molecule has 0 amide bonds. The first-order valence-electron chi connectivity index (χ1n) is 5.36. The van der Waals surface area contributed by atoms with Crippen LogP contribution in [0, 0.1) is 18.3 Å². The molecule has 0 spiro atoms. The average molecular weight is 190 g/mol. The highest BCUT2D eigenvalue weighted by atomic mass is 15.1. The second kappa shape index (κ2) is 5.88. The normalized spacial score (nSPS) is 18.4. The Bertz CT molecular complexity index is 252. The monoisotopic (exact) mass is 190 g/mol. The van der Waals surface area contributed by atoms with Crippen molar-refractivity contribution in [3.05, 3.63) is 18.1 Å². The van der Waals surface area contributed by atoms with Gasteiger partial charge >= 0.3 is 0 Å². The molecule has 0 fully saturated rings. The first kappa shape index (κ1) is 11.3. The maximum absolute atomic E-state index is 3.27. The van der Waals surface area contributed by atoms with E-state index in [-0.39, 0.29) is 0 Å². The molecular formula is C13H20N. The second-order valence-electron chi connectivity index (χ2n) is 4.11. The molecule has 1 aliphatic carbocycles. The van der Waals surface area contributed by atoms with Crippen LogP contribution in [0.3, 0.4) is 0 Å². The van der Waals surface area contributed by atoms with Crippen molar-refractivity contribution in [1.82, 2.24) is 4.90 Å². The van der Waals surface area contributed by atoms with E-state index >= 15 is 0 Å². The first-order chi connectivity index (χ1) is 6.70. The Balaban J connectivity index is 2.35. The van der Waals surface area contributed by atoms with E-state index in [0.29, 0.717) is 6.04 Å². The smallest absolute Gasteiger partial charge is 0.0246 e. The van der Waals surface area contributed by atoms with Gasteiger partial charge in [0.05, 0.1) is 0 Å². The molecule has 1 nitrogen and oxygen atoms in total. The van der Waals surface area contributed by atoms with Gasteiger partial charge in [0.2, 0.25) is 0 Å². The summed E-state index contributed by atoms with van der Waals surface area (Å²) >= 11 is 0. The number of hydrogen-bond donors (Lipinski definition) is 0. The molecule has 0 aromatic carbocycles. The summed E-state index contributed by atoms with van der Waals surface area (Å²) in [5.74, 6) is 6.53. The fraction of sp³-hybridized carbons (Fsp3) is 0.615. The van der Waals surface area contributed by atoms with Gasteiger partial charge in [0, 0.05) is 12.5 Å². The summed E-state index contributed by atoms with van der Waals surface area (Å²) < 4.78 is 0. The predicted molar refractivity (Wildman–Crippen MR) is 61.8 cm³/mol. The Morgan fingerprint density at radius 3 is 2.86 bits per heavy atom. The van der Waals surface area contributed by atoms with Crippen molar-refractivity contribution in [2.45, 2.75) is 38.6 Å². The summed E-state index contributed by atoms with van der Waals surface area (Å²) in [5.41, 5.74) is 1.33. The van der Waals surface area contributed by atoms with Crippen molar-refractivity contribution in [1.29, 1.82) is 0 Å². The van der Waals surface area contributed by atoms with Crippen LogP contribution < -0.4 is 0 Å². The van der Waals surface area contributed by atoms with E-state index in [0.717, 1.165) is 19.3 Å². The van der Waals surface area contributed by atoms with E-state index in [1.807, 2.05) is 0 Å². The molecule has 1 unspecified atom stereocenters. The summed E-state index contributed by atoms with van der Waals surface area (Å²) in [7, 11) is 4.20. The molecule has 1 radical (unpaired) electrons.